The van der Waals surface area contributed by atoms with Gasteiger partial charge >= 0.3 is 0 Å². The lowest BCUT2D eigenvalue weighted by atomic mass is 10.1. The Balaban J connectivity index is 1.70. The van der Waals surface area contributed by atoms with Gasteiger partial charge in [-0.3, -0.25) is 0 Å². The van der Waals surface area contributed by atoms with Crippen molar-refractivity contribution in [2.24, 2.45) is 0 Å². The second kappa shape index (κ2) is 12.6. The summed E-state index contributed by atoms with van der Waals surface area (Å²) >= 11 is 0. The maximum absolute atomic E-state index is 5.74. The van der Waals surface area contributed by atoms with Crippen LogP contribution in [0.5, 0.6) is 0 Å². The fourth-order valence-corrected chi connectivity index (χ4v) is 2.91. The van der Waals surface area contributed by atoms with E-state index in [-0.39, 0.29) is 0 Å². The van der Waals surface area contributed by atoms with E-state index in [9.17, 15) is 0 Å². The standard InChI is InChI=1S/C18H36O2/c1-3-4-5-6-7-8-9-10-11-12-15-19-16-18-14-13-17(2)20-18/h17-18H,3-16H2,1-2H3/t17-,18-/m1/s1. The highest BCUT2D eigenvalue weighted by Gasteiger charge is 2.21. The van der Waals surface area contributed by atoms with Crippen molar-refractivity contribution in [3.8, 4) is 0 Å². The molecule has 1 rings (SSSR count). The maximum atomic E-state index is 5.74. The lowest BCUT2D eigenvalue weighted by Gasteiger charge is -2.11. The van der Waals surface area contributed by atoms with E-state index >= 15 is 0 Å². The Morgan fingerprint density at radius 2 is 1.45 bits per heavy atom. The molecular formula is C18H36O2. The second-order valence-electron chi connectivity index (χ2n) is 6.40. The molecule has 2 atom stereocenters. The third-order valence-electron chi connectivity index (χ3n) is 4.27. The van der Waals surface area contributed by atoms with Crippen LogP contribution in [0.3, 0.4) is 0 Å². The molecule has 1 heterocycles. The monoisotopic (exact) mass is 284 g/mol. The van der Waals surface area contributed by atoms with E-state index in [2.05, 4.69) is 13.8 Å². The minimum Gasteiger partial charge on any atom is -0.379 e. The highest BCUT2D eigenvalue weighted by molar-refractivity contribution is 4.69. The molecule has 0 spiro atoms. The van der Waals surface area contributed by atoms with Crippen LogP contribution in [0.15, 0.2) is 0 Å². The first-order chi connectivity index (χ1) is 9.83. The average molecular weight is 284 g/mol. The van der Waals surface area contributed by atoms with Gasteiger partial charge in [0.2, 0.25) is 0 Å². The Bertz CT molecular complexity index is 206. The summed E-state index contributed by atoms with van der Waals surface area (Å²) in [7, 11) is 0. The van der Waals surface area contributed by atoms with Crippen molar-refractivity contribution in [2.75, 3.05) is 13.2 Å². The fraction of sp³-hybridized carbons (Fsp3) is 1.00. The Hall–Kier alpha value is -0.0800. The van der Waals surface area contributed by atoms with Crippen LogP contribution in [0, 0.1) is 0 Å². The molecule has 20 heavy (non-hydrogen) atoms. The van der Waals surface area contributed by atoms with Gasteiger partial charge in [0.15, 0.2) is 0 Å². The number of rotatable bonds is 13. The van der Waals surface area contributed by atoms with Crippen molar-refractivity contribution in [1.29, 1.82) is 0 Å². The van der Waals surface area contributed by atoms with Crippen molar-refractivity contribution in [3.05, 3.63) is 0 Å². The van der Waals surface area contributed by atoms with Crippen LogP contribution in [-0.4, -0.2) is 25.4 Å². The van der Waals surface area contributed by atoms with Gasteiger partial charge < -0.3 is 9.47 Å². The Kier molecular flexibility index (Phi) is 11.4. The van der Waals surface area contributed by atoms with Gasteiger partial charge in [-0.15, -0.1) is 0 Å². The molecule has 0 aromatic heterocycles. The Morgan fingerprint density at radius 1 is 0.850 bits per heavy atom. The van der Waals surface area contributed by atoms with E-state index < -0.39 is 0 Å². The zero-order valence-corrected chi connectivity index (χ0v) is 13.9. The topological polar surface area (TPSA) is 18.5 Å². The number of hydrogen-bond donors (Lipinski definition) is 0. The summed E-state index contributed by atoms with van der Waals surface area (Å²) in [6, 6.07) is 0. The molecule has 0 aliphatic carbocycles. The largest absolute Gasteiger partial charge is 0.379 e. The lowest BCUT2D eigenvalue weighted by Crippen LogP contribution is -2.16. The summed E-state index contributed by atoms with van der Waals surface area (Å²) in [5, 5.41) is 0. The predicted octanol–water partition coefficient (Wildman–Crippen LogP) is 5.49. The van der Waals surface area contributed by atoms with E-state index in [4.69, 9.17) is 9.47 Å². The highest BCUT2D eigenvalue weighted by Crippen LogP contribution is 2.19. The van der Waals surface area contributed by atoms with E-state index in [1.165, 1.54) is 77.0 Å². The van der Waals surface area contributed by atoms with E-state index in [0.29, 0.717) is 12.2 Å². The Labute approximate surface area is 126 Å². The van der Waals surface area contributed by atoms with Gasteiger partial charge in [-0.25, -0.2) is 0 Å². The van der Waals surface area contributed by atoms with Crippen molar-refractivity contribution < 1.29 is 9.47 Å². The fourth-order valence-electron chi connectivity index (χ4n) is 2.91. The number of hydrogen-bond acceptors (Lipinski definition) is 2. The molecule has 120 valence electrons. The van der Waals surface area contributed by atoms with Crippen LogP contribution in [0.25, 0.3) is 0 Å². The molecule has 2 nitrogen and oxygen atoms in total. The zero-order chi connectivity index (χ0) is 14.5. The van der Waals surface area contributed by atoms with Crippen molar-refractivity contribution in [3.63, 3.8) is 0 Å². The maximum Gasteiger partial charge on any atom is 0.0813 e. The predicted molar refractivity (Wildman–Crippen MR) is 86.2 cm³/mol. The summed E-state index contributed by atoms with van der Waals surface area (Å²) < 4.78 is 11.4. The van der Waals surface area contributed by atoms with Crippen LogP contribution in [0.1, 0.15) is 90.9 Å². The molecule has 0 aromatic carbocycles. The van der Waals surface area contributed by atoms with Crippen LogP contribution in [0.4, 0.5) is 0 Å². The SMILES string of the molecule is CCCCCCCCCCCCOC[C@H]1CC[C@@H](C)O1. The van der Waals surface area contributed by atoms with Gasteiger partial charge in [0, 0.05) is 6.61 Å². The van der Waals surface area contributed by atoms with Gasteiger partial charge in [-0.05, 0) is 26.2 Å². The molecule has 0 bridgehead atoms. The first-order valence-electron chi connectivity index (χ1n) is 9.06. The van der Waals surface area contributed by atoms with Crippen molar-refractivity contribution >= 4 is 0 Å². The molecule has 2 heteroatoms. The molecule has 1 aliphatic rings. The molecule has 0 saturated carbocycles. The third-order valence-corrected chi connectivity index (χ3v) is 4.27. The second-order valence-corrected chi connectivity index (χ2v) is 6.40. The summed E-state index contributed by atoms with van der Waals surface area (Å²) in [6.07, 6.45) is 17.1. The minimum absolute atomic E-state index is 0.369. The molecule has 1 saturated heterocycles. The molecule has 0 amide bonds. The molecular weight excluding hydrogens is 248 g/mol. The normalized spacial score (nSPS) is 22.5. The van der Waals surface area contributed by atoms with Crippen LogP contribution < -0.4 is 0 Å². The Morgan fingerprint density at radius 3 is 2.00 bits per heavy atom. The van der Waals surface area contributed by atoms with Gasteiger partial charge in [-0.2, -0.15) is 0 Å². The van der Waals surface area contributed by atoms with E-state index in [1.54, 1.807) is 0 Å². The zero-order valence-electron chi connectivity index (χ0n) is 13.9. The average Bonchev–Trinajstić information content (AvgIpc) is 2.86. The van der Waals surface area contributed by atoms with Gasteiger partial charge in [0.25, 0.3) is 0 Å². The van der Waals surface area contributed by atoms with E-state index in [0.717, 1.165) is 13.2 Å². The smallest absolute Gasteiger partial charge is 0.0813 e. The van der Waals surface area contributed by atoms with Crippen LogP contribution in [-0.2, 0) is 9.47 Å². The van der Waals surface area contributed by atoms with Gasteiger partial charge in [0.1, 0.15) is 0 Å². The van der Waals surface area contributed by atoms with Gasteiger partial charge in [0.05, 0.1) is 18.8 Å². The number of unbranched alkanes of at least 4 members (excludes halogenated alkanes) is 9. The lowest BCUT2D eigenvalue weighted by molar-refractivity contribution is -0.00989. The summed E-state index contributed by atoms with van der Waals surface area (Å²) in [5.41, 5.74) is 0. The summed E-state index contributed by atoms with van der Waals surface area (Å²) in [5.74, 6) is 0. The molecule has 0 N–H and O–H groups in total. The van der Waals surface area contributed by atoms with Crippen LogP contribution in [0.2, 0.25) is 0 Å². The van der Waals surface area contributed by atoms with Crippen molar-refractivity contribution in [2.45, 2.75) is 103 Å². The molecule has 0 radical (unpaired) electrons. The van der Waals surface area contributed by atoms with Crippen LogP contribution >= 0.6 is 0 Å². The van der Waals surface area contributed by atoms with Crippen molar-refractivity contribution in [1.82, 2.24) is 0 Å². The van der Waals surface area contributed by atoms with Gasteiger partial charge in [-0.1, -0.05) is 64.7 Å². The number of ether oxygens (including phenoxy) is 2. The molecule has 0 aromatic rings. The summed E-state index contributed by atoms with van der Waals surface area (Å²) in [4.78, 5) is 0. The molecule has 1 aliphatic heterocycles. The summed E-state index contributed by atoms with van der Waals surface area (Å²) in [6.45, 7) is 6.16. The quantitative estimate of drug-likeness (QED) is 0.416. The molecule has 0 unspecified atom stereocenters. The first-order valence-corrected chi connectivity index (χ1v) is 9.06. The first kappa shape index (κ1) is 18.0. The highest BCUT2D eigenvalue weighted by atomic mass is 16.5. The third kappa shape index (κ3) is 9.77. The van der Waals surface area contributed by atoms with E-state index in [1.807, 2.05) is 0 Å². The minimum atomic E-state index is 0.369. The molecule has 1 fully saturated rings.